The normalized spacial score (nSPS) is 10.8. The van der Waals surface area contributed by atoms with Gasteiger partial charge in [-0.05, 0) is 44.9 Å². The van der Waals surface area contributed by atoms with E-state index in [0.717, 1.165) is 5.56 Å². The quantitative estimate of drug-likeness (QED) is 0.893. The maximum atomic E-state index is 12.5. The van der Waals surface area contributed by atoms with E-state index in [1.54, 1.807) is 17.0 Å². The fourth-order valence-corrected chi connectivity index (χ4v) is 1.99. The summed E-state index contributed by atoms with van der Waals surface area (Å²) in [5.74, 6) is -0.0292. The Morgan fingerprint density at radius 1 is 1.44 bits per heavy atom. The first-order valence-corrected chi connectivity index (χ1v) is 6.53. The average molecular weight is 270 g/mol. The van der Waals surface area contributed by atoms with Crippen molar-refractivity contribution < 1.29 is 9.90 Å². The molecule has 0 aliphatic rings. The van der Waals surface area contributed by atoms with E-state index in [1.165, 1.54) is 0 Å². The number of rotatable bonds is 5. The second-order valence-corrected chi connectivity index (χ2v) is 5.07. The Balaban J connectivity index is 2.98. The van der Waals surface area contributed by atoms with E-state index < -0.39 is 0 Å². The lowest BCUT2D eigenvalue weighted by Gasteiger charge is -2.27. The highest BCUT2D eigenvalue weighted by atomic mass is 35.5. The van der Waals surface area contributed by atoms with Gasteiger partial charge in [-0.25, -0.2) is 0 Å². The number of halogens is 1. The van der Waals surface area contributed by atoms with Gasteiger partial charge in [-0.1, -0.05) is 17.7 Å². The molecule has 4 heteroatoms. The summed E-state index contributed by atoms with van der Waals surface area (Å²) in [6.07, 6.45) is 0.587. The molecule has 3 nitrogen and oxygen atoms in total. The Kier molecular flexibility index (Phi) is 5.63. The predicted molar refractivity (Wildman–Crippen MR) is 74.1 cm³/mol. The van der Waals surface area contributed by atoms with Gasteiger partial charge in [0.15, 0.2) is 0 Å². The Hall–Kier alpha value is -1.06. The zero-order valence-electron chi connectivity index (χ0n) is 11.1. The van der Waals surface area contributed by atoms with Crippen molar-refractivity contribution in [1.29, 1.82) is 0 Å². The molecule has 0 radical (unpaired) electrons. The number of hydrogen-bond acceptors (Lipinski definition) is 2. The van der Waals surface area contributed by atoms with E-state index in [4.69, 9.17) is 16.7 Å². The molecular weight excluding hydrogens is 250 g/mol. The van der Waals surface area contributed by atoms with Crippen LogP contribution < -0.4 is 0 Å². The highest BCUT2D eigenvalue weighted by Crippen LogP contribution is 2.18. The SMILES string of the molecule is Cc1ccc(Cl)cc1C(=O)N(CCCO)C(C)C. The number of nitrogens with zero attached hydrogens (tertiary/aromatic N) is 1. The second kappa shape index (κ2) is 6.76. The molecule has 0 spiro atoms. The van der Waals surface area contributed by atoms with Crippen LogP contribution in [0.15, 0.2) is 18.2 Å². The summed E-state index contributed by atoms with van der Waals surface area (Å²) in [6.45, 7) is 6.47. The van der Waals surface area contributed by atoms with Gasteiger partial charge in [-0.3, -0.25) is 4.79 Å². The number of aliphatic hydroxyl groups is 1. The van der Waals surface area contributed by atoms with E-state index >= 15 is 0 Å². The van der Waals surface area contributed by atoms with Gasteiger partial charge >= 0.3 is 0 Å². The monoisotopic (exact) mass is 269 g/mol. The molecule has 1 rings (SSSR count). The van der Waals surface area contributed by atoms with E-state index in [9.17, 15) is 4.79 Å². The van der Waals surface area contributed by atoms with Crippen LogP contribution in [0.25, 0.3) is 0 Å². The smallest absolute Gasteiger partial charge is 0.254 e. The van der Waals surface area contributed by atoms with Crippen LogP contribution in [0.4, 0.5) is 0 Å². The Labute approximate surface area is 113 Å². The molecule has 0 aliphatic heterocycles. The van der Waals surface area contributed by atoms with Crippen molar-refractivity contribution in [3.05, 3.63) is 34.3 Å². The fraction of sp³-hybridized carbons (Fsp3) is 0.500. The Morgan fingerprint density at radius 3 is 2.67 bits per heavy atom. The predicted octanol–water partition coefficient (Wildman–Crippen LogP) is 2.88. The zero-order valence-corrected chi connectivity index (χ0v) is 11.9. The highest BCUT2D eigenvalue weighted by Gasteiger charge is 2.20. The Bertz CT molecular complexity index is 418. The van der Waals surface area contributed by atoms with Gasteiger partial charge in [0.25, 0.3) is 5.91 Å². The van der Waals surface area contributed by atoms with Gasteiger partial charge in [0, 0.05) is 29.8 Å². The zero-order chi connectivity index (χ0) is 13.7. The minimum Gasteiger partial charge on any atom is -0.396 e. The van der Waals surface area contributed by atoms with Crippen molar-refractivity contribution in [1.82, 2.24) is 4.90 Å². The molecule has 0 atom stereocenters. The van der Waals surface area contributed by atoms with Crippen molar-refractivity contribution in [3.8, 4) is 0 Å². The lowest BCUT2D eigenvalue weighted by atomic mass is 10.1. The molecule has 1 amide bonds. The number of carbonyl (C=O) groups excluding carboxylic acids is 1. The second-order valence-electron chi connectivity index (χ2n) is 4.63. The molecule has 0 saturated heterocycles. The lowest BCUT2D eigenvalue weighted by molar-refractivity contribution is 0.0692. The first kappa shape index (κ1) is 15.0. The third-order valence-electron chi connectivity index (χ3n) is 2.87. The van der Waals surface area contributed by atoms with Gasteiger partial charge in [0.05, 0.1) is 0 Å². The summed E-state index contributed by atoms with van der Waals surface area (Å²) in [4.78, 5) is 14.2. The standard InChI is InChI=1S/C14H20ClNO2/c1-10(2)16(7-4-8-17)14(18)13-9-12(15)6-5-11(13)3/h5-6,9-10,17H,4,7-8H2,1-3H3. The minimum atomic E-state index is -0.0292. The molecular formula is C14H20ClNO2. The maximum absolute atomic E-state index is 12.5. The van der Waals surface area contributed by atoms with Gasteiger partial charge in [-0.2, -0.15) is 0 Å². The number of hydrogen-bond donors (Lipinski definition) is 1. The van der Waals surface area contributed by atoms with Crippen LogP contribution in [0.2, 0.25) is 5.02 Å². The van der Waals surface area contributed by atoms with Crippen molar-refractivity contribution >= 4 is 17.5 Å². The molecule has 100 valence electrons. The third-order valence-corrected chi connectivity index (χ3v) is 3.11. The van der Waals surface area contributed by atoms with Gasteiger partial charge in [0.1, 0.15) is 0 Å². The number of benzene rings is 1. The van der Waals surface area contributed by atoms with Crippen molar-refractivity contribution in [3.63, 3.8) is 0 Å². The van der Waals surface area contributed by atoms with Gasteiger partial charge in [0.2, 0.25) is 0 Å². The van der Waals surface area contributed by atoms with Gasteiger partial charge < -0.3 is 10.0 Å². The Morgan fingerprint density at radius 2 is 2.11 bits per heavy atom. The van der Waals surface area contributed by atoms with Crippen LogP contribution in [0.5, 0.6) is 0 Å². The van der Waals surface area contributed by atoms with Crippen molar-refractivity contribution in [2.45, 2.75) is 33.2 Å². The molecule has 0 aromatic heterocycles. The number of aliphatic hydroxyl groups excluding tert-OH is 1. The van der Waals surface area contributed by atoms with Crippen LogP contribution >= 0.6 is 11.6 Å². The summed E-state index contributed by atoms with van der Waals surface area (Å²) < 4.78 is 0. The fourth-order valence-electron chi connectivity index (χ4n) is 1.81. The maximum Gasteiger partial charge on any atom is 0.254 e. The molecule has 18 heavy (non-hydrogen) atoms. The van der Waals surface area contributed by atoms with Crippen LogP contribution in [0.1, 0.15) is 36.2 Å². The molecule has 0 bridgehead atoms. The molecule has 0 saturated carbocycles. The van der Waals surface area contributed by atoms with E-state index in [2.05, 4.69) is 0 Å². The average Bonchev–Trinajstić information content (AvgIpc) is 2.32. The third kappa shape index (κ3) is 3.72. The molecule has 0 heterocycles. The van der Waals surface area contributed by atoms with Crippen LogP contribution in [0.3, 0.4) is 0 Å². The van der Waals surface area contributed by atoms with Crippen molar-refractivity contribution in [2.75, 3.05) is 13.2 Å². The topological polar surface area (TPSA) is 40.5 Å². The van der Waals surface area contributed by atoms with Crippen LogP contribution in [-0.2, 0) is 0 Å². The van der Waals surface area contributed by atoms with E-state index in [0.29, 0.717) is 23.6 Å². The molecule has 1 aromatic rings. The molecule has 0 unspecified atom stereocenters. The number of carbonyl (C=O) groups is 1. The van der Waals surface area contributed by atoms with Crippen LogP contribution in [-0.4, -0.2) is 35.1 Å². The molecule has 0 aliphatic carbocycles. The molecule has 0 fully saturated rings. The summed E-state index contributed by atoms with van der Waals surface area (Å²) in [6, 6.07) is 5.43. The lowest BCUT2D eigenvalue weighted by Crippen LogP contribution is -2.38. The first-order chi connectivity index (χ1) is 8.47. The number of aryl methyl sites for hydroxylation is 1. The first-order valence-electron chi connectivity index (χ1n) is 6.15. The van der Waals surface area contributed by atoms with E-state index in [-0.39, 0.29) is 18.6 Å². The van der Waals surface area contributed by atoms with Crippen molar-refractivity contribution in [2.24, 2.45) is 0 Å². The summed E-state index contributed by atoms with van der Waals surface area (Å²) in [5, 5.41) is 9.45. The summed E-state index contributed by atoms with van der Waals surface area (Å²) in [7, 11) is 0. The highest BCUT2D eigenvalue weighted by molar-refractivity contribution is 6.31. The van der Waals surface area contributed by atoms with Gasteiger partial charge in [-0.15, -0.1) is 0 Å². The van der Waals surface area contributed by atoms with E-state index in [1.807, 2.05) is 26.8 Å². The minimum absolute atomic E-state index is 0.0292. The van der Waals surface area contributed by atoms with Crippen LogP contribution in [0, 0.1) is 6.92 Å². The molecule has 1 aromatic carbocycles. The largest absolute Gasteiger partial charge is 0.396 e. The molecule has 1 N–H and O–H groups in total. The summed E-state index contributed by atoms with van der Waals surface area (Å²) in [5.41, 5.74) is 1.55. The number of amides is 1. The summed E-state index contributed by atoms with van der Waals surface area (Å²) >= 11 is 5.94.